The molecule has 1 aliphatic heterocycles. The van der Waals surface area contributed by atoms with Gasteiger partial charge in [-0.15, -0.1) is 0 Å². The molecule has 0 spiro atoms. The average Bonchev–Trinajstić information content (AvgIpc) is 3.00. The number of amides is 1. The number of rotatable bonds is 4. The van der Waals surface area contributed by atoms with Crippen LogP contribution in [0.3, 0.4) is 0 Å². The minimum absolute atomic E-state index is 0.0131. The Labute approximate surface area is 178 Å². The second-order valence-electron chi connectivity index (χ2n) is 6.11. The van der Waals surface area contributed by atoms with Gasteiger partial charge >= 0.3 is 6.18 Å². The van der Waals surface area contributed by atoms with Crippen molar-refractivity contribution in [1.29, 1.82) is 0 Å². The molecule has 1 amide bonds. The monoisotopic (exact) mass is 466 g/mol. The van der Waals surface area contributed by atoms with Gasteiger partial charge in [-0.25, -0.2) is 0 Å². The van der Waals surface area contributed by atoms with E-state index in [2.05, 4.69) is 5.10 Å². The van der Waals surface area contributed by atoms with E-state index in [0.29, 0.717) is 10.0 Å². The normalized spacial score (nSPS) is 19.3. The fourth-order valence-electron chi connectivity index (χ4n) is 2.62. The third-order valence-electron chi connectivity index (χ3n) is 4.10. The van der Waals surface area contributed by atoms with Crippen molar-refractivity contribution < 1.29 is 27.8 Å². The molecule has 0 aliphatic carbocycles. The Balaban J connectivity index is 1.85. The highest BCUT2D eigenvalue weighted by molar-refractivity contribution is 6.35. The van der Waals surface area contributed by atoms with E-state index < -0.39 is 30.8 Å². The fourth-order valence-corrected chi connectivity index (χ4v) is 3.21. The highest BCUT2D eigenvalue weighted by atomic mass is 35.5. The van der Waals surface area contributed by atoms with Crippen LogP contribution in [-0.2, 0) is 4.79 Å². The van der Waals surface area contributed by atoms with E-state index in [0.717, 1.165) is 0 Å². The number of carbonyl (C=O) groups is 1. The second kappa shape index (κ2) is 8.02. The molecule has 1 heterocycles. The van der Waals surface area contributed by atoms with Crippen molar-refractivity contribution in [3.8, 4) is 5.75 Å². The topological polar surface area (TPSA) is 62.1 Å². The minimum Gasteiger partial charge on any atom is -0.482 e. The van der Waals surface area contributed by atoms with Crippen LogP contribution in [0.5, 0.6) is 5.75 Å². The molecule has 3 rings (SSSR count). The van der Waals surface area contributed by atoms with E-state index in [-0.39, 0.29) is 27.1 Å². The number of aliphatic hydroxyl groups is 1. The maximum absolute atomic E-state index is 13.6. The highest BCUT2D eigenvalue weighted by Gasteiger charge is 2.63. The molecule has 0 saturated heterocycles. The van der Waals surface area contributed by atoms with Gasteiger partial charge in [0.15, 0.2) is 6.61 Å². The van der Waals surface area contributed by atoms with Crippen LogP contribution in [0.2, 0.25) is 15.1 Å². The van der Waals surface area contributed by atoms with Crippen molar-refractivity contribution in [3.05, 3.63) is 63.1 Å². The van der Waals surface area contributed by atoms with Crippen LogP contribution in [0, 0.1) is 0 Å². The van der Waals surface area contributed by atoms with Gasteiger partial charge in [-0.2, -0.15) is 23.3 Å². The zero-order chi connectivity index (χ0) is 21.4. The first-order valence-electron chi connectivity index (χ1n) is 8.05. The van der Waals surface area contributed by atoms with E-state index >= 15 is 0 Å². The Hall–Kier alpha value is -2.00. The van der Waals surface area contributed by atoms with Crippen molar-refractivity contribution >= 4 is 46.4 Å². The summed E-state index contributed by atoms with van der Waals surface area (Å²) in [7, 11) is 0. The molecule has 1 aliphatic rings. The van der Waals surface area contributed by atoms with Gasteiger partial charge in [0.2, 0.25) is 0 Å². The number of nitrogens with zero attached hydrogens (tertiary/aromatic N) is 2. The van der Waals surface area contributed by atoms with Gasteiger partial charge in [-0.3, -0.25) is 4.79 Å². The summed E-state index contributed by atoms with van der Waals surface area (Å²) < 4.78 is 45.9. The number of halogens is 6. The number of hydrazone groups is 1. The smallest absolute Gasteiger partial charge is 0.438 e. The van der Waals surface area contributed by atoms with Crippen LogP contribution in [0.15, 0.2) is 47.6 Å². The third kappa shape index (κ3) is 4.45. The molecule has 0 fully saturated rings. The van der Waals surface area contributed by atoms with Crippen LogP contribution < -0.4 is 4.74 Å². The van der Waals surface area contributed by atoms with Gasteiger partial charge in [0.1, 0.15) is 5.75 Å². The molecule has 154 valence electrons. The number of alkyl halides is 3. The predicted octanol–water partition coefficient (Wildman–Crippen LogP) is 4.91. The van der Waals surface area contributed by atoms with Crippen molar-refractivity contribution in [2.45, 2.75) is 18.3 Å². The molecule has 1 unspecified atom stereocenters. The fraction of sp³-hybridized carbons (Fsp3) is 0.222. The summed E-state index contributed by atoms with van der Waals surface area (Å²) in [6.07, 6.45) is -6.09. The Morgan fingerprint density at radius 1 is 1.14 bits per heavy atom. The Bertz CT molecular complexity index is 967. The van der Waals surface area contributed by atoms with Crippen molar-refractivity contribution in [3.63, 3.8) is 0 Å². The molecule has 5 nitrogen and oxygen atoms in total. The first kappa shape index (κ1) is 21.7. The van der Waals surface area contributed by atoms with Gasteiger partial charge in [0.25, 0.3) is 11.6 Å². The lowest BCUT2D eigenvalue weighted by atomic mass is 10.0. The van der Waals surface area contributed by atoms with E-state index in [4.69, 9.17) is 39.5 Å². The molecule has 0 radical (unpaired) electrons. The highest BCUT2D eigenvalue weighted by Crippen LogP contribution is 2.41. The SMILES string of the molecule is O=C(COc1ccc(Cl)cc1Cl)N1N=C(c2ccc(Cl)cc2)CC1(O)C(F)(F)F. The van der Waals surface area contributed by atoms with Gasteiger partial charge in [0.05, 0.1) is 17.2 Å². The standard InChI is InChI=1S/C18H12Cl3F3N2O3/c19-11-3-1-10(2-4-11)14-8-17(28,18(22,23)24)26(25-14)16(27)9-29-15-6-5-12(20)7-13(15)21/h1-7,28H,8-9H2. The molecule has 11 heteroatoms. The van der Waals surface area contributed by atoms with Crippen LogP contribution in [0.1, 0.15) is 12.0 Å². The van der Waals surface area contributed by atoms with Crippen molar-refractivity contribution in [1.82, 2.24) is 5.01 Å². The lowest BCUT2D eigenvalue weighted by Gasteiger charge is -2.32. The Morgan fingerprint density at radius 3 is 2.34 bits per heavy atom. The molecular formula is C18H12Cl3F3N2O3. The van der Waals surface area contributed by atoms with E-state index in [1.54, 1.807) is 0 Å². The number of ether oxygens (including phenoxy) is 1. The summed E-state index contributed by atoms with van der Waals surface area (Å²) in [6, 6.07) is 9.95. The van der Waals surface area contributed by atoms with Crippen LogP contribution in [0.4, 0.5) is 13.2 Å². The second-order valence-corrected chi connectivity index (χ2v) is 7.39. The maximum Gasteiger partial charge on any atom is 0.438 e. The molecule has 0 saturated carbocycles. The van der Waals surface area contributed by atoms with Gasteiger partial charge in [0, 0.05) is 10.0 Å². The number of hydrogen-bond donors (Lipinski definition) is 1. The molecule has 1 atom stereocenters. The zero-order valence-corrected chi connectivity index (χ0v) is 16.6. The number of hydrogen-bond acceptors (Lipinski definition) is 4. The first-order valence-corrected chi connectivity index (χ1v) is 9.18. The lowest BCUT2D eigenvalue weighted by molar-refractivity contribution is -0.302. The third-order valence-corrected chi connectivity index (χ3v) is 4.88. The molecule has 2 aromatic rings. The predicted molar refractivity (Wildman–Crippen MR) is 102 cm³/mol. The summed E-state index contributed by atoms with van der Waals surface area (Å²) >= 11 is 17.4. The van der Waals surface area contributed by atoms with Gasteiger partial charge < -0.3 is 9.84 Å². The number of benzene rings is 2. The summed E-state index contributed by atoms with van der Waals surface area (Å²) in [5.74, 6) is -1.17. The van der Waals surface area contributed by atoms with E-state index in [9.17, 15) is 23.1 Å². The Kier molecular flexibility index (Phi) is 6.01. The molecule has 2 aromatic carbocycles. The van der Waals surface area contributed by atoms with Gasteiger partial charge in [-0.05, 0) is 35.9 Å². The molecule has 0 aromatic heterocycles. The summed E-state index contributed by atoms with van der Waals surface area (Å²) in [5, 5.41) is 14.7. The Morgan fingerprint density at radius 2 is 1.76 bits per heavy atom. The van der Waals surface area contributed by atoms with E-state index in [1.165, 1.54) is 42.5 Å². The van der Waals surface area contributed by atoms with Crippen molar-refractivity contribution in [2.75, 3.05) is 6.61 Å². The summed E-state index contributed by atoms with van der Waals surface area (Å²) in [4.78, 5) is 12.4. The van der Waals surface area contributed by atoms with E-state index in [1.807, 2.05) is 0 Å². The summed E-state index contributed by atoms with van der Waals surface area (Å²) in [5.41, 5.74) is -3.35. The van der Waals surface area contributed by atoms with Crippen LogP contribution >= 0.6 is 34.8 Å². The van der Waals surface area contributed by atoms with Crippen molar-refractivity contribution in [2.24, 2.45) is 5.10 Å². The van der Waals surface area contributed by atoms with Crippen LogP contribution in [0.25, 0.3) is 0 Å². The maximum atomic E-state index is 13.6. The summed E-state index contributed by atoms with van der Waals surface area (Å²) in [6.45, 7) is -0.836. The molecular weight excluding hydrogens is 456 g/mol. The minimum atomic E-state index is -5.15. The van der Waals surface area contributed by atoms with Crippen LogP contribution in [-0.4, -0.2) is 40.2 Å². The zero-order valence-electron chi connectivity index (χ0n) is 14.4. The first-order chi connectivity index (χ1) is 13.5. The molecule has 0 bridgehead atoms. The number of carbonyl (C=O) groups excluding carboxylic acids is 1. The average molecular weight is 468 g/mol. The van der Waals surface area contributed by atoms with Gasteiger partial charge in [-0.1, -0.05) is 46.9 Å². The lowest BCUT2D eigenvalue weighted by Crippen LogP contribution is -2.57. The quantitative estimate of drug-likeness (QED) is 0.695. The molecule has 29 heavy (non-hydrogen) atoms. The molecule has 1 N–H and O–H groups in total. The largest absolute Gasteiger partial charge is 0.482 e.